The van der Waals surface area contributed by atoms with Gasteiger partial charge in [-0.3, -0.25) is 0 Å². The molecular weight excluding hydrogens is 637 g/mol. The van der Waals surface area contributed by atoms with Crippen LogP contribution in [0, 0.1) is 0 Å². The van der Waals surface area contributed by atoms with Crippen molar-refractivity contribution in [1.29, 1.82) is 0 Å². The first-order valence-corrected chi connectivity index (χ1v) is 17.6. The van der Waals surface area contributed by atoms with Crippen LogP contribution in [0.4, 0.5) is 0 Å². The molecule has 0 aliphatic heterocycles. The average molecular weight is 667 g/mol. The maximum Gasteiger partial charge on any atom is 0.136 e. The third-order valence-electron chi connectivity index (χ3n) is 10.6. The number of nitrogens with zero attached hydrogens (tertiary/aromatic N) is 2. The summed E-state index contributed by atoms with van der Waals surface area (Å²) in [6, 6.07) is 61.0. The zero-order chi connectivity index (χ0) is 34.3. The molecule has 0 saturated heterocycles. The molecule has 11 rings (SSSR count). The predicted octanol–water partition coefficient (Wildman–Crippen LogP) is 12.8. The van der Waals surface area contributed by atoms with Gasteiger partial charge < -0.3 is 18.7 Å². The second-order valence-corrected chi connectivity index (χ2v) is 13.4. The molecule has 0 radical (unpaired) electrons. The van der Waals surface area contributed by atoms with Gasteiger partial charge >= 0.3 is 0 Å². The Kier molecular flexibility index (Phi) is 6.07. The van der Waals surface area contributed by atoms with Crippen molar-refractivity contribution in [2.75, 3.05) is 0 Å². The van der Waals surface area contributed by atoms with Gasteiger partial charge in [-0.2, -0.15) is 0 Å². The molecule has 11 aromatic rings. The molecule has 0 amide bonds. The lowest BCUT2D eigenvalue weighted by Crippen LogP contribution is -1.97. The third kappa shape index (κ3) is 3.97. The Bertz CT molecular complexity index is 3180. The Morgan fingerprint density at radius 1 is 0.385 bits per heavy atom. The monoisotopic (exact) mass is 666 g/mol. The van der Waals surface area contributed by atoms with Crippen molar-refractivity contribution in [2.45, 2.75) is 0 Å². The molecule has 0 aliphatic rings. The molecule has 3 aromatic heterocycles. The Morgan fingerprint density at radius 3 is 1.48 bits per heavy atom. The van der Waals surface area contributed by atoms with Crippen LogP contribution in [0.25, 0.3) is 99.2 Å². The normalized spacial score (nSPS) is 11.9. The zero-order valence-electron chi connectivity index (χ0n) is 28.0. The summed E-state index contributed by atoms with van der Waals surface area (Å²) in [7, 11) is 0. The van der Waals surface area contributed by atoms with E-state index in [0.29, 0.717) is 5.56 Å². The van der Waals surface area contributed by atoms with Crippen LogP contribution in [0.1, 0.15) is 0 Å². The maximum absolute atomic E-state index is 13.0. The topological polar surface area (TPSA) is 43.2 Å². The fraction of sp³-hybridized carbons (Fsp3) is 0. The highest BCUT2D eigenvalue weighted by atomic mass is 16.3. The molecule has 0 atom stereocenters. The number of para-hydroxylation sites is 7. The number of phenolic OH excluding ortho intramolecular Hbond substituents is 1. The van der Waals surface area contributed by atoms with Crippen molar-refractivity contribution in [3.63, 3.8) is 0 Å². The Labute approximate surface area is 298 Å². The molecule has 52 heavy (non-hydrogen) atoms. The van der Waals surface area contributed by atoms with Gasteiger partial charge in [-0.1, -0.05) is 127 Å². The number of benzene rings is 8. The molecule has 0 spiro atoms. The van der Waals surface area contributed by atoms with Crippen LogP contribution >= 0.6 is 0 Å². The predicted molar refractivity (Wildman–Crippen MR) is 215 cm³/mol. The second-order valence-electron chi connectivity index (χ2n) is 13.4. The number of fused-ring (bicyclic) bond motifs is 9. The van der Waals surface area contributed by atoms with Gasteiger partial charge in [-0.15, -0.1) is 0 Å². The van der Waals surface area contributed by atoms with Gasteiger partial charge in [0.05, 0.1) is 22.1 Å². The summed E-state index contributed by atoms with van der Waals surface area (Å²) in [4.78, 5) is 0. The van der Waals surface area contributed by atoms with Gasteiger partial charge in [0.15, 0.2) is 0 Å². The van der Waals surface area contributed by atoms with E-state index in [4.69, 9.17) is 4.42 Å². The van der Waals surface area contributed by atoms with Crippen molar-refractivity contribution in [3.8, 4) is 39.4 Å². The molecule has 4 nitrogen and oxygen atoms in total. The van der Waals surface area contributed by atoms with E-state index in [1.165, 1.54) is 0 Å². The fourth-order valence-corrected chi connectivity index (χ4v) is 8.49. The van der Waals surface area contributed by atoms with E-state index in [9.17, 15) is 5.11 Å². The van der Waals surface area contributed by atoms with Crippen LogP contribution in [-0.2, 0) is 0 Å². The molecular formula is C48H30N2O2. The zero-order valence-corrected chi connectivity index (χ0v) is 28.0. The van der Waals surface area contributed by atoms with Gasteiger partial charge in [-0.05, 0) is 48.5 Å². The summed E-state index contributed by atoms with van der Waals surface area (Å²) in [5, 5.41) is 19.4. The molecule has 1 N–H and O–H groups in total. The minimum absolute atomic E-state index is 0.216. The fourth-order valence-electron chi connectivity index (χ4n) is 8.49. The van der Waals surface area contributed by atoms with E-state index in [1.54, 1.807) is 0 Å². The van der Waals surface area contributed by atoms with Crippen molar-refractivity contribution in [2.24, 2.45) is 0 Å². The van der Waals surface area contributed by atoms with Gasteiger partial charge in [0.1, 0.15) is 16.9 Å². The molecule has 0 saturated carbocycles. The highest BCUT2D eigenvalue weighted by molar-refractivity contribution is 6.22. The summed E-state index contributed by atoms with van der Waals surface area (Å²) in [6.45, 7) is 0. The Hall–Kier alpha value is -7.04. The molecule has 0 bridgehead atoms. The molecule has 4 heteroatoms. The van der Waals surface area contributed by atoms with E-state index >= 15 is 0 Å². The van der Waals surface area contributed by atoms with E-state index in [2.05, 4.69) is 149 Å². The Balaban J connectivity index is 1.32. The summed E-state index contributed by atoms with van der Waals surface area (Å²) in [5.74, 6) is 0.216. The van der Waals surface area contributed by atoms with Crippen LogP contribution in [0.15, 0.2) is 180 Å². The number of rotatable bonds is 4. The highest BCUT2D eigenvalue weighted by Gasteiger charge is 2.26. The first kappa shape index (κ1) is 28.8. The first-order valence-electron chi connectivity index (χ1n) is 17.6. The van der Waals surface area contributed by atoms with Gasteiger partial charge in [0, 0.05) is 65.9 Å². The summed E-state index contributed by atoms with van der Waals surface area (Å²) in [6.07, 6.45) is 0. The number of phenols is 1. The van der Waals surface area contributed by atoms with Crippen molar-refractivity contribution in [1.82, 2.24) is 9.13 Å². The number of aromatic hydroxyl groups is 1. The number of hydrogen-bond acceptors (Lipinski definition) is 2. The van der Waals surface area contributed by atoms with Gasteiger partial charge in [0.2, 0.25) is 0 Å². The first-order chi connectivity index (χ1) is 25.8. The number of furan rings is 1. The minimum Gasteiger partial charge on any atom is -0.507 e. The maximum atomic E-state index is 13.0. The van der Waals surface area contributed by atoms with E-state index < -0.39 is 0 Å². The minimum atomic E-state index is 0.216. The van der Waals surface area contributed by atoms with Crippen LogP contribution in [0.5, 0.6) is 5.75 Å². The quantitative estimate of drug-likeness (QED) is 0.203. The molecule has 244 valence electrons. The highest BCUT2D eigenvalue weighted by Crippen LogP contribution is 2.51. The standard InChI is InChI=1S/C48H30N2O2/c51-48-39(36-24-13-22-34-32-19-7-10-26-40(32)49(46(34)36)30-15-3-1-4-16-30)29-43-44(37-21-9-12-28-42(37)52-43)45(48)38-25-14-23-35-33-20-8-11-27-41(33)50(47(35)38)31-17-5-2-6-18-31/h1-29,51H. The van der Waals surface area contributed by atoms with E-state index in [1.807, 2.05) is 36.4 Å². The van der Waals surface area contributed by atoms with Crippen molar-refractivity contribution in [3.05, 3.63) is 176 Å². The van der Waals surface area contributed by atoms with E-state index in [0.717, 1.165) is 93.6 Å². The molecule has 3 heterocycles. The lowest BCUT2D eigenvalue weighted by Gasteiger charge is -2.17. The lowest BCUT2D eigenvalue weighted by atomic mass is 9.91. The molecule has 0 unspecified atom stereocenters. The molecule has 0 aliphatic carbocycles. The summed E-state index contributed by atoms with van der Waals surface area (Å²) >= 11 is 0. The van der Waals surface area contributed by atoms with E-state index in [-0.39, 0.29) is 5.75 Å². The SMILES string of the molecule is Oc1c(-c2cccc3c4ccccc4n(-c4ccccc4)c23)cc2oc3ccccc3c2c1-c1cccc2c3ccccc3n(-c3ccccc3)c12. The Morgan fingerprint density at radius 2 is 0.865 bits per heavy atom. The second kappa shape index (κ2) is 11.0. The summed E-state index contributed by atoms with van der Waals surface area (Å²) in [5.41, 5.74) is 11.2. The van der Waals surface area contributed by atoms with Gasteiger partial charge in [0.25, 0.3) is 0 Å². The van der Waals surface area contributed by atoms with Crippen LogP contribution in [0.3, 0.4) is 0 Å². The van der Waals surface area contributed by atoms with Gasteiger partial charge in [-0.25, -0.2) is 0 Å². The van der Waals surface area contributed by atoms with Crippen molar-refractivity contribution < 1.29 is 9.52 Å². The average Bonchev–Trinajstić information content (AvgIpc) is 3.86. The van der Waals surface area contributed by atoms with Crippen molar-refractivity contribution >= 4 is 65.6 Å². The molecule has 8 aromatic carbocycles. The largest absolute Gasteiger partial charge is 0.507 e. The number of aromatic nitrogens is 2. The van der Waals surface area contributed by atoms with Crippen LogP contribution in [-0.4, -0.2) is 14.2 Å². The van der Waals surface area contributed by atoms with Crippen LogP contribution < -0.4 is 0 Å². The lowest BCUT2D eigenvalue weighted by molar-refractivity contribution is 0.480. The third-order valence-corrected chi connectivity index (χ3v) is 10.6. The molecule has 0 fully saturated rings. The smallest absolute Gasteiger partial charge is 0.136 e. The van der Waals surface area contributed by atoms with Crippen LogP contribution in [0.2, 0.25) is 0 Å². The number of hydrogen-bond donors (Lipinski definition) is 1. The summed E-state index contributed by atoms with van der Waals surface area (Å²) < 4.78 is 11.3.